The first-order valence-electron chi connectivity index (χ1n) is 6.34. The second-order valence-corrected chi connectivity index (χ2v) is 4.32. The average Bonchev–Trinajstić information content (AvgIpc) is 2.31. The number of unbranched alkanes of at least 4 members (excludes halogenated alkanes) is 1. The molecule has 0 spiro atoms. The second kappa shape index (κ2) is 6.89. The largest absolute Gasteiger partial charge is 0.511 e. The van der Waals surface area contributed by atoms with Crippen LogP contribution in [0.15, 0.2) is 12.1 Å². The first kappa shape index (κ1) is 14.4. The molecule has 0 heterocycles. The number of hydrogen-bond donors (Lipinski definition) is 2. The van der Waals surface area contributed by atoms with E-state index in [4.69, 9.17) is 5.11 Å². The zero-order chi connectivity index (χ0) is 13.5. The van der Waals surface area contributed by atoms with E-state index < -0.39 is 6.16 Å². The van der Waals surface area contributed by atoms with Crippen LogP contribution in [0.5, 0.6) is 11.5 Å². The summed E-state index contributed by atoms with van der Waals surface area (Å²) in [5.74, 6) is -0.00902. The smallest absolute Gasteiger partial charge is 0.504 e. The number of ether oxygens (including phenoxy) is 1. The van der Waals surface area contributed by atoms with Crippen LogP contribution in [0.25, 0.3) is 0 Å². The molecule has 0 unspecified atom stereocenters. The SMILES string of the molecule is CCCCc1cc(CCC)cc(OC(=O)O)c1O. The lowest BCUT2D eigenvalue weighted by atomic mass is 10.0. The summed E-state index contributed by atoms with van der Waals surface area (Å²) in [4.78, 5) is 10.6. The molecule has 18 heavy (non-hydrogen) atoms. The highest BCUT2D eigenvalue weighted by atomic mass is 16.7. The first-order valence-corrected chi connectivity index (χ1v) is 6.34. The molecule has 0 aromatic heterocycles. The van der Waals surface area contributed by atoms with Crippen molar-refractivity contribution in [3.63, 3.8) is 0 Å². The topological polar surface area (TPSA) is 66.8 Å². The molecule has 0 saturated heterocycles. The molecule has 4 heteroatoms. The molecule has 0 aliphatic heterocycles. The van der Waals surface area contributed by atoms with Gasteiger partial charge in [0.25, 0.3) is 0 Å². The molecule has 1 aromatic carbocycles. The van der Waals surface area contributed by atoms with Crippen LogP contribution in [0.4, 0.5) is 4.79 Å². The number of hydrogen-bond acceptors (Lipinski definition) is 3. The third-order valence-corrected chi connectivity index (χ3v) is 2.75. The van der Waals surface area contributed by atoms with E-state index in [9.17, 15) is 9.90 Å². The predicted octanol–water partition coefficient (Wildman–Crippen LogP) is 3.74. The van der Waals surface area contributed by atoms with Gasteiger partial charge in [-0.2, -0.15) is 0 Å². The van der Waals surface area contributed by atoms with Crippen LogP contribution >= 0.6 is 0 Å². The fourth-order valence-electron chi connectivity index (χ4n) is 1.89. The highest BCUT2D eigenvalue weighted by Crippen LogP contribution is 2.33. The summed E-state index contributed by atoms with van der Waals surface area (Å²) in [6, 6.07) is 3.53. The van der Waals surface area contributed by atoms with E-state index in [0.717, 1.165) is 43.2 Å². The summed E-state index contributed by atoms with van der Waals surface area (Å²) < 4.78 is 4.62. The van der Waals surface area contributed by atoms with Crippen molar-refractivity contribution in [2.45, 2.75) is 46.0 Å². The Balaban J connectivity index is 3.06. The number of carbonyl (C=O) groups is 1. The van der Waals surface area contributed by atoms with Crippen molar-refractivity contribution in [2.75, 3.05) is 0 Å². The molecule has 1 rings (SSSR count). The van der Waals surface area contributed by atoms with Crippen molar-refractivity contribution in [1.29, 1.82) is 0 Å². The lowest BCUT2D eigenvalue weighted by molar-refractivity contribution is 0.142. The third kappa shape index (κ3) is 3.95. The molecule has 0 aliphatic carbocycles. The number of aryl methyl sites for hydroxylation is 2. The van der Waals surface area contributed by atoms with Gasteiger partial charge in [-0.1, -0.05) is 32.8 Å². The Morgan fingerprint density at radius 2 is 1.94 bits per heavy atom. The minimum Gasteiger partial charge on any atom is -0.504 e. The summed E-state index contributed by atoms with van der Waals surface area (Å²) in [5.41, 5.74) is 1.76. The maximum atomic E-state index is 10.6. The molecule has 0 saturated carbocycles. The van der Waals surface area contributed by atoms with Gasteiger partial charge in [-0.15, -0.1) is 0 Å². The summed E-state index contributed by atoms with van der Waals surface area (Å²) >= 11 is 0. The first-order chi connectivity index (χ1) is 8.58. The number of benzene rings is 1. The third-order valence-electron chi connectivity index (χ3n) is 2.75. The van der Waals surface area contributed by atoms with Gasteiger partial charge >= 0.3 is 6.16 Å². The highest BCUT2D eigenvalue weighted by Gasteiger charge is 2.13. The van der Waals surface area contributed by atoms with E-state index in [1.807, 2.05) is 6.07 Å². The van der Waals surface area contributed by atoms with Crippen LogP contribution in [0.3, 0.4) is 0 Å². The lowest BCUT2D eigenvalue weighted by Crippen LogP contribution is -2.05. The van der Waals surface area contributed by atoms with Gasteiger partial charge in [0.1, 0.15) is 0 Å². The maximum Gasteiger partial charge on any atom is 0.511 e. The predicted molar refractivity (Wildman–Crippen MR) is 69.4 cm³/mol. The van der Waals surface area contributed by atoms with Gasteiger partial charge in [0, 0.05) is 0 Å². The van der Waals surface area contributed by atoms with Crippen LogP contribution in [-0.4, -0.2) is 16.4 Å². The molecule has 0 bridgehead atoms. The molecule has 4 nitrogen and oxygen atoms in total. The Morgan fingerprint density at radius 1 is 1.22 bits per heavy atom. The zero-order valence-corrected chi connectivity index (χ0v) is 10.9. The van der Waals surface area contributed by atoms with Crippen LogP contribution in [0.1, 0.15) is 44.2 Å². The van der Waals surface area contributed by atoms with Gasteiger partial charge < -0.3 is 14.9 Å². The van der Waals surface area contributed by atoms with Crippen molar-refractivity contribution >= 4 is 6.16 Å². The maximum absolute atomic E-state index is 10.6. The van der Waals surface area contributed by atoms with Crippen LogP contribution in [-0.2, 0) is 12.8 Å². The molecular weight excluding hydrogens is 232 g/mol. The minimum atomic E-state index is -1.40. The number of aromatic hydroxyl groups is 1. The van der Waals surface area contributed by atoms with E-state index >= 15 is 0 Å². The van der Waals surface area contributed by atoms with Crippen LogP contribution in [0, 0.1) is 0 Å². The Hall–Kier alpha value is -1.71. The molecular formula is C14H20O4. The van der Waals surface area contributed by atoms with Crippen molar-refractivity contribution in [3.8, 4) is 11.5 Å². The molecule has 1 aromatic rings. The Kier molecular flexibility index (Phi) is 5.49. The van der Waals surface area contributed by atoms with Crippen molar-refractivity contribution in [1.82, 2.24) is 0 Å². The summed E-state index contributed by atoms with van der Waals surface area (Å²) in [5, 5.41) is 18.6. The normalized spacial score (nSPS) is 10.3. The molecule has 0 radical (unpaired) electrons. The second-order valence-electron chi connectivity index (χ2n) is 4.32. The Labute approximate surface area is 107 Å². The number of phenolic OH excluding ortho intramolecular Hbond substituents is 1. The minimum absolute atomic E-state index is 0.0413. The van der Waals surface area contributed by atoms with E-state index in [1.165, 1.54) is 0 Å². The summed E-state index contributed by atoms with van der Waals surface area (Å²) in [6.45, 7) is 4.12. The summed E-state index contributed by atoms with van der Waals surface area (Å²) in [6.07, 6.45) is 3.11. The van der Waals surface area contributed by atoms with Crippen molar-refractivity contribution < 1.29 is 19.7 Å². The molecule has 0 aliphatic rings. The fraction of sp³-hybridized carbons (Fsp3) is 0.500. The fourth-order valence-corrected chi connectivity index (χ4v) is 1.89. The molecule has 2 N–H and O–H groups in total. The van der Waals surface area contributed by atoms with Gasteiger partial charge in [-0.25, -0.2) is 4.79 Å². The number of carboxylic acid groups (broad SMARTS) is 1. The molecule has 0 amide bonds. The van der Waals surface area contributed by atoms with Crippen molar-refractivity contribution in [3.05, 3.63) is 23.3 Å². The number of phenols is 1. The zero-order valence-electron chi connectivity index (χ0n) is 10.9. The average molecular weight is 252 g/mol. The highest BCUT2D eigenvalue weighted by molar-refractivity contribution is 5.64. The van der Waals surface area contributed by atoms with E-state index in [0.29, 0.717) is 0 Å². The van der Waals surface area contributed by atoms with Gasteiger partial charge in [0.2, 0.25) is 0 Å². The Morgan fingerprint density at radius 3 is 2.50 bits per heavy atom. The Bertz CT molecular complexity index is 413. The van der Waals surface area contributed by atoms with Gasteiger partial charge in [-0.05, 0) is 36.5 Å². The lowest BCUT2D eigenvalue weighted by Gasteiger charge is -2.11. The van der Waals surface area contributed by atoms with Crippen molar-refractivity contribution in [2.24, 2.45) is 0 Å². The van der Waals surface area contributed by atoms with Gasteiger partial charge in [-0.3, -0.25) is 0 Å². The quantitative estimate of drug-likeness (QED) is 0.597. The van der Waals surface area contributed by atoms with Crippen LogP contribution < -0.4 is 4.74 Å². The van der Waals surface area contributed by atoms with Crippen LogP contribution in [0.2, 0.25) is 0 Å². The molecule has 0 atom stereocenters. The standard InChI is InChI=1S/C14H20O4/c1-3-5-7-11-8-10(6-4-2)9-12(13(11)15)18-14(16)17/h8-9,15H,3-7H2,1-2H3,(H,16,17). The number of rotatable bonds is 6. The summed E-state index contributed by atoms with van der Waals surface area (Å²) in [7, 11) is 0. The van der Waals surface area contributed by atoms with Gasteiger partial charge in [0.05, 0.1) is 0 Å². The molecule has 0 fully saturated rings. The monoisotopic (exact) mass is 252 g/mol. The van der Waals surface area contributed by atoms with E-state index in [1.54, 1.807) is 6.07 Å². The van der Waals surface area contributed by atoms with E-state index in [-0.39, 0.29) is 11.5 Å². The van der Waals surface area contributed by atoms with E-state index in [2.05, 4.69) is 18.6 Å². The molecule has 100 valence electrons. The van der Waals surface area contributed by atoms with Gasteiger partial charge in [0.15, 0.2) is 11.5 Å².